The van der Waals surface area contributed by atoms with Crippen molar-refractivity contribution in [2.45, 2.75) is 52.6 Å². The van der Waals surface area contributed by atoms with Gasteiger partial charge in [0.2, 0.25) is 0 Å². The van der Waals surface area contributed by atoms with E-state index >= 15 is 0 Å². The van der Waals surface area contributed by atoms with E-state index in [9.17, 15) is 5.11 Å². The van der Waals surface area contributed by atoms with Crippen LogP contribution < -0.4 is 0 Å². The second kappa shape index (κ2) is 6.72. The van der Waals surface area contributed by atoms with Gasteiger partial charge >= 0.3 is 0 Å². The molecule has 1 aliphatic carbocycles. The van der Waals surface area contributed by atoms with E-state index in [0.29, 0.717) is 11.3 Å². The van der Waals surface area contributed by atoms with Gasteiger partial charge in [-0.1, -0.05) is 20.8 Å². The molecule has 1 fully saturated rings. The maximum atomic E-state index is 10.1. The minimum absolute atomic E-state index is 0.152. The van der Waals surface area contributed by atoms with Gasteiger partial charge < -0.3 is 15.1 Å². The van der Waals surface area contributed by atoms with Crippen LogP contribution in [0.15, 0.2) is 0 Å². The fourth-order valence-corrected chi connectivity index (χ4v) is 2.99. The highest BCUT2D eigenvalue weighted by molar-refractivity contribution is 4.86. The molecular weight excluding hydrogens is 214 g/mol. The SMILES string of the molecule is CCCN(CCO)CC1CC(C)(C)CCC1O. The molecule has 102 valence electrons. The first kappa shape index (κ1) is 14.9. The Morgan fingerprint density at radius 2 is 2.00 bits per heavy atom. The lowest BCUT2D eigenvalue weighted by atomic mass is 9.70. The van der Waals surface area contributed by atoms with Crippen LogP contribution in [0.25, 0.3) is 0 Å². The molecule has 0 aliphatic heterocycles. The Bertz CT molecular complexity index is 212. The molecule has 0 aromatic heterocycles. The average molecular weight is 243 g/mol. The van der Waals surface area contributed by atoms with E-state index in [1.807, 2.05) is 0 Å². The summed E-state index contributed by atoms with van der Waals surface area (Å²) in [7, 11) is 0. The molecule has 3 heteroatoms. The topological polar surface area (TPSA) is 43.7 Å². The molecule has 2 atom stereocenters. The number of rotatable bonds is 6. The second-order valence-corrected chi connectivity index (χ2v) is 6.26. The summed E-state index contributed by atoms with van der Waals surface area (Å²) in [6, 6.07) is 0. The van der Waals surface area contributed by atoms with Crippen molar-refractivity contribution in [1.82, 2.24) is 4.90 Å². The van der Waals surface area contributed by atoms with Gasteiger partial charge in [0.25, 0.3) is 0 Å². The molecule has 2 N–H and O–H groups in total. The predicted octanol–water partition coefficient (Wildman–Crippen LogP) is 1.88. The zero-order valence-electron chi connectivity index (χ0n) is 11.7. The number of hydrogen-bond acceptors (Lipinski definition) is 3. The van der Waals surface area contributed by atoms with E-state index < -0.39 is 0 Å². The Balaban J connectivity index is 2.50. The summed E-state index contributed by atoms with van der Waals surface area (Å²) < 4.78 is 0. The third-order valence-corrected chi connectivity index (χ3v) is 3.92. The standard InChI is InChI=1S/C14H29NO2/c1-4-7-15(8-9-16)11-12-10-14(2,3)6-5-13(12)17/h12-13,16-17H,4-11H2,1-3H3. The van der Waals surface area contributed by atoms with Crippen LogP contribution in [-0.2, 0) is 0 Å². The molecule has 0 spiro atoms. The molecule has 0 aromatic carbocycles. The smallest absolute Gasteiger partial charge is 0.0581 e. The van der Waals surface area contributed by atoms with Crippen molar-refractivity contribution in [2.24, 2.45) is 11.3 Å². The Labute approximate surface area is 106 Å². The number of aliphatic hydroxyl groups excluding tert-OH is 2. The average Bonchev–Trinajstić information content (AvgIpc) is 2.24. The van der Waals surface area contributed by atoms with Gasteiger partial charge in [0, 0.05) is 13.1 Å². The van der Waals surface area contributed by atoms with Crippen molar-refractivity contribution >= 4 is 0 Å². The molecule has 0 amide bonds. The van der Waals surface area contributed by atoms with Crippen molar-refractivity contribution in [3.63, 3.8) is 0 Å². The maximum absolute atomic E-state index is 10.1. The Morgan fingerprint density at radius 1 is 1.29 bits per heavy atom. The largest absolute Gasteiger partial charge is 0.395 e. The Morgan fingerprint density at radius 3 is 2.59 bits per heavy atom. The van der Waals surface area contributed by atoms with Gasteiger partial charge in [-0.25, -0.2) is 0 Å². The zero-order chi connectivity index (χ0) is 12.9. The summed E-state index contributed by atoms with van der Waals surface area (Å²) in [5, 5.41) is 19.2. The maximum Gasteiger partial charge on any atom is 0.0581 e. The molecule has 0 heterocycles. The van der Waals surface area contributed by atoms with Crippen LogP contribution in [0, 0.1) is 11.3 Å². The van der Waals surface area contributed by atoms with Gasteiger partial charge in [-0.05, 0) is 43.6 Å². The lowest BCUT2D eigenvalue weighted by Crippen LogP contribution is -2.42. The van der Waals surface area contributed by atoms with E-state index in [1.54, 1.807) is 0 Å². The first-order valence-electron chi connectivity index (χ1n) is 7.00. The van der Waals surface area contributed by atoms with Crippen LogP contribution in [0.5, 0.6) is 0 Å². The van der Waals surface area contributed by atoms with E-state index in [1.165, 1.54) is 0 Å². The molecule has 0 aromatic rings. The molecular formula is C14H29NO2. The van der Waals surface area contributed by atoms with Crippen molar-refractivity contribution in [3.8, 4) is 0 Å². The van der Waals surface area contributed by atoms with Crippen LogP contribution in [0.3, 0.4) is 0 Å². The number of hydrogen-bond donors (Lipinski definition) is 2. The van der Waals surface area contributed by atoms with E-state index in [4.69, 9.17) is 5.11 Å². The van der Waals surface area contributed by atoms with E-state index in [2.05, 4.69) is 25.7 Å². The molecule has 17 heavy (non-hydrogen) atoms. The van der Waals surface area contributed by atoms with Crippen LogP contribution in [0.1, 0.15) is 46.5 Å². The van der Waals surface area contributed by atoms with Crippen LogP contribution in [-0.4, -0.2) is 47.5 Å². The summed E-state index contributed by atoms with van der Waals surface area (Å²) in [6.07, 6.45) is 4.10. The first-order chi connectivity index (χ1) is 7.98. The summed E-state index contributed by atoms with van der Waals surface area (Å²) in [6.45, 7) is 9.64. The second-order valence-electron chi connectivity index (χ2n) is 6.26. The fourth-order valence-electron chi connectivity index (χ4n) is 2.99. The monoisotopic (exact) mass is 243 g/mol. The lowest BCUT2D eigenvalue weighted by molar-refractivity contribution is 0.00216. The van der Waals surface area contributed by atoms with Crippen LogP contribution in [0.4, 0.5) is 0 Å². The lowest BCUT2D eigenvalue weighted by Gasteiger charge is -2.40. The number of aliphatic hydroxyl groups is 2. The Hall–Kier alpha value is -0.120. The highest BCUT2D eigenvalue weighted by atomic mass is 16.3. The molecule has 0 bridgehead atoms. The van der Waals surface area contributed by atoms with E-state index in [-0.39, 0.29) is 12.7 Å². The van der Waals surface area contributed by atoms with Crippen molar-refractivity contribution in [1.29, 1.82) is 0 Å². The van der Waals surface area contributed by atoms with Gasteiger partial charge in [-0.3, -0.25) is 0 Å². The van der Waals surface area contributed by atoms with Gasteiger partial charge in [0.05, 0.1) is 12.7 Å². The number of nitrogens with zero attached hydrogens (tertiary/aromatic N) is 1. The molecule has 2 unspecified atom stereocenters. The zero-order valence-corrected chi connectivity index (χ0v) is 11.7. The fraction of sp³-hybridized carbons (Fsp3) is 1.00. The van der Waals surface area contributed by atoms with Gasteiger partial charge in [0.15, 0.2) is 0 Å². The third kappa shape index (κ3) is 4.94. The molecule has 0 radical (unpaired) electrons. The van der Waals surface area contributed by atoms with Crippen molar-refractivity contribution in [3.05, 3.63) is 0 Å². The normalized spacial score (nSPS) is 28.6. The van der Waals surface area contributed by atoms with Crippen LogP contribution >= 0.6 is 0 Å². The molecule has 1 rings (SSSR count). The third-order valence-electron chi connectivity index (χ3n) is 3.92. The first-order valence-corrected chi connectivity index (χ1v) is 7.00. The summed E-state index contributed by atoms with van der Waals surface area (Å²) >= 11 is 0. The molecule has 0 saturated heterocycles. The predicted molar refractivity (Wildman–Crippen MR) is 70.9 cm³/mol. The van der Waals surface area contributed by atoms with Crippen molar-refractivity contribution in [2.75, 3.05) is 26.2 Å². The molecule has 1 aliphatic rings. The summed E-state index contributed by atoms with van der Waals surface area (Å²) in [5.41, 5.74) is 0.362. The van der Waals surface area contributed by atoms with Crippen molar-refractivity contribution < 1.29 is 10.2 Å². The van der Waals surface area contributed by atoms with E-state index in [0.717, 1.165) is 45.3 Å². The van der Waals surface area contributed by atoms with Gasteiger partial charge in [-0.2, -0.15) is 0 Å². The minimum Gasteiger partial charge on any atom is -0.395 e. The summed E-state index contributed by atoms with van der Waals surface area (Å²) in [5.74, 6) is 0.372. The highest BCUT2D eigenvalue weighted by Gasteiger charge is 2.34. The van der Waals surface area contributed by atoms with Gasteiger partial charge in [0.1, 0.15) is 0 Å². The molecule has 1 saturated carbocycles. The molecule has 3 nitrogen and oxygen atoms in total. The minimum atomic E-state index is -0.152. The van der Waals surface area contributed by atoms with Gasteiger partial charge in [-0.15, -0.1) is 0 Å². The Kier molecular flexibility index (Phi) is 5.90. The quantitative estimate of drug-likeness (QED) is 0.748. The summed E-state index contributed by atoms with van der Waals surface area (Å²) in [4.78, 5) is 2.29. The highest BCUT2D eigenvalue weighted by Crippen LogP contribution is 2.38. The van der Waals surface area contributed by atoms with Crippen LogP contribution in [0.2, 0.25) is 0 Å².